The number of nitrogens with one attached hydrogen (secondary N) is 1. The summed E-state index contributed by atoms with van der Waals surface area (Å²) < 4.78 is 13.8. The minimum atomic E-state index is -0.534. The molecule has 0 radical (unpaired) electrons. The van der Waals surface area contributed by atoms with E-state index in [1.165, 1.54) is 6.07 Å². The van der Waals surface area contributed by atoms with E-state index in [-0.39, 0.29) is 15.7 Å². The summed E-state index contributed by atoms with van der Waals surface area (Å²) in [6.45, 7) is 0. The van der Waals surface area contributed by atoms with Crippen LogP contribution in [0.5, 0.6) is 0 Å². The maximum atomic E-state index is 13.8. The first-order valence-corrected chi connectivity index (χ1v) is 6.46. The average Bonchev–Trinajstić information content (AvgIpc) is 2.36. The van der Waals surface area contributed by atoms with Crippen LogP contribution in [0.15, 0.2) is 36.4 Å². The molecular weight excluding hydrogens is 306 g/mol. The van der Waals surface area contributed by atoms with Gasteiger partial charge in [0.1, 0.15) is 4.99 Å². The average molecular weight is 315 g/mol. The van der Waals surface area contributed by atoms with Crippen LogP contribution in [0, 0.1) is 5.82 Å². The van der Waals surface area contributed by atoms with Crippen molar-refractivity contribution >= 4 is 51.8 Å². The molecule has 2 rings (SSSR count). The topological polar surface area (TPSA) is 38.0 Å². The number of benzene rings is 2. The fourth-order valence-electron chi connectivity index (χ4n) is 1.57. The number of thiocarbonyl (C=S) groups is 1. The third-order valence-electron chi connectivity index (χ3n) is 2.47. The molecule has 0 saturated carbocycles. The number of rotatable bonds is 3. The smallest absolute Gasteiger partial charge is 0.165 e. The lowest BCUT2D eigenvalue weighted by Crippen LogP contribution is -2.12. The van der Waals surface area contributed by atoms with Crippen molar-refractivity contribution in [3.05, 3.63) is 57.8 Å². The molecule has 0 aliphatic rings. The van der Waals surface area contributed by atoms with E-state index in [0.717, 1.165) is 0 Å². The van der Waals surface area contributed by atoms with Gasteiger partial charge in [0.25, 0.3) is 0 Å². The standard InChI is InChI=1S/C13H9Cl2FN2S/c14-7-4-5-10(8(6-7)13(17)19)18-11-3-1-2-9(15)12(11)16/h1-6,18H,(H2,17,19). The van der Waals surface area contributed by atoms with Crippen molar-refractivity contribution in [1.82, 2.24) is 0 Å². The van der Waals surface area contributed by atoms with Gasteiger partial charge in [0, 0.05) is 16.3 Å². The number of anilines is 2. The Morgan fingerprint density at radius 3 is 2.58 bits per heavy atom. The van der Waals surface area contributed by atoms with Crippen LogP contribution in [0.2, 0.25) is 10.0 Å². The van der Waals surface area contributed by atoms with Gasteiger partial charge in [-0.15, -0.1) is 0 Å². The maximum absolute atomic E-state index is 13.8. The molecular formula is C13H9Cl2FN2S. The van der Waals surface area contributed by atoms with Gasteiger partial charge in [-0.25, -0.2) is 4.39 Å². The number of hydrogen-bond donors (Lipinski definition) is 2. The number of halogens is 3. The van der Waals surface area contributed by atoms with E-state index >= 15 is 0 Å². The van der Waals surface area contributed by atoms with Gasteiger partial charge < -0.3 is 11.1 Å². The normalized spacial score (nSPS) is 10.3. The Labute approximate surface area is 125 Å². The lowest BCUT2D eigenvalue weighted by Gasteiger charge is -2.12. The second kappa shape index (κ2) is 5.74. The highest BCUT2D eigenvalue weighted by Crippen LogP contribution is 2.28. The van der Waals surface area contributed by atoms with E-state index in [4.69, 9.17) is 41.2 Å². The molecule has 98 valence electrons. The monoisotopic (exact) mass is 314 g/mol. The van der Waals surface area contributed by atoms with Crippen molar-refractivity contribution in [3.8, 4) is 0 Å². The van der Waals surface area contributed by atoms with Crippen molar-refractivity contribution in [2.24, 2.45) is 5.73 Å². The third kappa shape index (κ3) is 3.15. The highest BCUT2D eigenvalue weighted by atomic mass is 35.5. The lowest BCUT2D eigenvalue weighted by atomic mass is 10.1. The molecule has 0 aliphatic carbocycles. The van der Waals surface area contributed by atoms with E-state index in [1.807, 2.05) is 0 Å². The molecule has 3 N–H and O–H groups in total. The van der Waals surface area contributed by atoms with Crippen LogP contribution in [-0.4, -0.2) is 4.99 Å². The minimum absolute atomic E-state index is 0.0378. The van der Waals surface area contributed by atoms with Gasteiger partial charge in [0.15, 0.2) is 5.82 Å². The highest BCUT2D eigenvalue weighted by molar-refractivity contribution is 7.80. The summed E-state index contributed by atoms with van der Waals surface area (Å²) >= 11 is 16.5. The lowest BCUT2D eigenvalue weighted by molar-refractivity contribution is 0.632. The van der Waals surface area contributed by atoms with Crippen molar-refractivity contribution in [2.45, 2.75) is 0 Å². The van der Waals surface area contributed by atoms with Gasteiger partial charge >= 0.3 is 0 Å². The summed E-state index contributed by atoms with van der Waals surface area (Å²) in [6.07, 6.45) is 0. The van der Waals surface area contributed by atoms with Gasteiger partial charge in [-0.1, -0.05) is 41.5 Å². The molecule has 19 heavy (non-hydrogen) atoms. The van der Waals surface area contributed by atoms with Crippen LogP contribution in [0.3, 0.4) is 0 Å². The van der Waals surface area contributed by atoms with E-state index in [2.05, 4.69) is 5.32 Å². The quantitative estimate of drug-likeness (QED) is 0.819. The Kier molecular flexibility index (Phi) is 4.24. The molecule has 0 atom stereocenters. The van der Waals surface area contributed by atoms with Crippen molar-refractivity contribution < 1.29 is 4.39 Å². The van der Waals surface area contributed by atoms with E-state index < -0.39 is 5.82 Å². The van der Waals surface area contributed by atoms with Crippen molar-refractivity contribution in [1.29, 1.82) is 0 Å². The largest absolute Gasteiger partial charge is 0.389 e. The summed E-state index contributed by atoms with van der Waals surface area (Å²) in [5.41, 5.74) is 6.97. The predicted octanol–water partition coefficient (Wildman–Crippen LogP) is 4.51. The molecule has 6 heteroatoms. The first-order chi connectivity index (χ1) is 8.99. The first kappa shape index (κ1) is 14.1. The molecule has 2 aromatic carbocycles. The van der Waals surface area contributed by atoms with Gasteiger partial charge in [-0.2, -0.15) is 0 Å². The summed E-state index contributed by atoms with van der Waals surface area (Å²) in [4.78, 5) is 0.174. The van der Waals surface area contributed by atoms with Gasteiger partial charge in [0.2, 0.25) is 0 Å². The minimum Gasteiger partial charge on any atom is -0.389 e. The van der Waals surface area contributed by atoms with E-state index in [1.54, 1.807) is 30.3 Å². The molecule has 0 fully saturated rings. The second-order valence-electron chi connectivity index (χ2n) is 3.78. The maximum Gasteiger partial charge on any atom is 0.165 e. The Bertz CT molecular complexity index is 647. The van der Waals surface area contributed by atoms with Crippen LogP contribution in [-0.2, 0) is 0 Å². The van der Waals surface area contributed by atoms with Crippen LogP contribution < -0.4 is 11.1 Å². The van der Waals surface area contributed by atoms with Crippen LogP contribution >= 0.6 is 35.4 Å². The Balaban J connectivity index is 2.44. The third-order valence-corrected chi connectivity index (χ3v) is 3.21. The summed E-state index contributed by atoms with van der Waals surface area (Å²) in [5, 5.41) is 3.44. The summed E-state index contributed by atoms with van der Waals surface area (Å²) in [6, 6.07) is 9.64. The number of hydrogen-bond acceptors (Lipinski definition) is 2. The Morgan fingerprint density at radius 1 is 1.16 bits per heavy atom. The molecule has 0 heterocycles. The fourth-order valence-corrected chi connectivity index (χ4v) is 2.09. The Morgan fingerprint density at radius 2 is 1.89 bits per heavy atom. The van der Waals surface area contributed by atoms with Crippen molar-refractivity contribution in [3.63, 3.8) is 0 Å². The van der Waals surface area contributed by atoms with Gasteiger partial charge in [-0.05, 0) is 30.3 Å². The Hall–Kier alpha value is -1.36. The summed E-state index contributed by atoms with van der Waals surface area (Å²) in [5.74, 6) is -0.534. The molecule has 0 unspecified atom stereocenters. The predicted molar refractivity (Wildman–Crippen MR) is 82.0 cm³/mol. The zero-order valence-corrected chi connectivity index (χ0v) is 11.9. The molecule has 2 nitrogen and oxygen atoms in total. The molecule has 0 aliphatic heterocycles. The van der Waals surface area contributed by atoms with Gasteiger partial charge in [0.05, 0.1) is 10.7 Å². The zero-order chi connectivity index (χ0) is 14.0. The SMILES string of the molecule is NC(=S)c1cc(Cl)ccc1Nc1cccc(Cl)c1F. The molecule has 0 spiro atoms. The zero-order valence-electron chi connectivity index (χ0n) is 9.58. The summed E-state index contributed by atoms with van der Waals surface area (Å²) in [7, 11) is 0. The molecule has 0 saturated heterocycles. The molecule has 0 aromatic heterocycles. The first-order valence-electron chi connectivity index (χ1n) is 5.29. The highest BCUT2D eigenvalue weighted by Gasteiger charge is 2.10. The molecule has 0 bridgehead atoms. The number of nitrogens with two attached hydrogens (primary N) is 1. The van der Waals surface area contributed by atoms with Crippen LogP contribution in [0.4, 0.5) is 15.8 Å². The van der Waals surface area contributed by atoms with Crippen molar-refractivity contribution in [2.75, 3.05) is 5.32 Å². The fraction of sp³-hybridized carbons (Fsp3) is 0. The van der Waals surface area contributed by atoms with Crippen LogP contribution in [0.1, 0.15) is 5.56 Å². The van der Waals surface area contributed by atoms with Crippen LogP contribution in [0.25, 0.3) is 0 Å². The second-order valence-corrected chi connectivity index (χ2v) is 5.06. The van der Waals surface area contributed by atoms with E-state index in [0.29, 0.717) is 16.3 Å². The molecule has 0 amide bonds. The molecule has 2 aromatic rings. The van der Waals surface area contributed by atoms with Gasteiger partial charge in [-0.3, -0.25) is 0 Å². The van der Waals surface area contributed by atoms with E-state index in [9.17, 15) is 4.39 Å².